The van der Waals surface area contributed by atoms with Crippen molar-refractivity contribution in [2.24, 2.45) is 0 Å². The Labute approximate surface area is 77.2 Å². The van der Waals surface area contributed by atoms with Crippen molar-refractivity contribution in [3.63, 3.8) is 0 Å². The fourth-order valence-corrected chi connectivity index (χ4v) is 1.09. The molecule has 13 heavy (non-hydrogen) atoms. The third-order valence-electron chi connectivity index (χ3n) is 1.91. The SMILES string of the molecule is CCOC(=O)N1CC(=C(C)C)C1=O. The first-order valence-electron chi connectivity index (χ1n) is 4.23. The van der Waals surface area contributed by atoms with E-state index in [0.29, 0.717) is 18.7 Å². The van der Waals surface area contributed by atoms with Crippen LogP contribution in [0.4, 0.5) is 4.79 Å². The molecule has 0 aliphatic carbocycles. The molecule has 0 bridgehead atoms. The van der Waals surface area contributed by atoms with E-state index in [-0.39, 0.29) is 5.91 Å². The maximum atomic E-state index is 11.3. The van der Waals surface area contributed by atoms with Gasteiger partial charge in [0.25, 0.3) is 5.91 Å². The summed E-state index contributed by atoms with van der Waals surface area (Å²) in [6.45, 7) is 6.11. The van der Waals surface area contributed by atoms with Crippen LogP contribution in [-0.2, 0) is 9.53 Å². The molecule has 0 N–H and O–H groups in total. The minimum Gasteiger partial charge on any atom is -0.449 e. The summed E-state index contributed by atoms with van der Waals surface area (Å²) in [4.78, 5) is 23.5. The van der Waals surface area contributed by atoms with E-state index in [2.05, 4.69) is 4.74 Å². The molecule has 4 nitrogen and oxygen atoms in total. The Bertz CT molecular complexity index is 277. The summed E-state index contributed by atoms with van der Waals surface area (Å²) in [5.74, 6) is -0.224. The van der Waals surface area contributed by atoms with Gasteiger partial charge in [-0.25, -0.2) is 9.69 Å². The molecule has 0 atom stereocenters. The van der Waals surface area contributed by atoms with Crippen LogP contribution in [0.3, 0.4) is 0 Å². The van der Waals surface area contributed by atoms with Crippen LogP contribution in [0.25, 0.3) is 0 Å². The standard InChI is InChI=1S/C9H13NO3/c1-4-13-9(12)10-5-7(6(2)3)8(10)11/h4-5H2,1-3H3. The number of allylic oxidation sites excluding steroid dienone is 1. The maximum absolute atomic E-state index is 11.3. The first-order chi connectivity index (χ1) is 6.07. The predicted octanol–water partition coefficient (Wildman–Crippen LogP) is 1.32. The highest BCUT2D eigenvalue weighted by molar-refractivity contribution is 6.09. The van der Waals surface area contributed by atoms with E-state index in [9.17, 15) is 9.59 Å². The molecule has 72 valence electrons. The number of nitrogens with zero attached hydrogens (tertiary/aromatic N) is 1. The Morgan fingerprint density at radius 3 is 2.54 bits per heavy atom. The summed E-state index contributed by atoms with van der Waals surface area (Å²) in [6.07, 6.45) is -0.544. The van der Waals surface area contributed by atoms with Crippen LogP contribution in [0.1, 0.15) is 20.8 Å². The lowest BCUT2D eigenvalue weighted by Crippen LogP contribution is -2.50. The molecule has 4 heteroatoms. The number of amides is 2. The normalized spacial score (nSPS) is 15.5. The summed E-state index contributed by atoms with van der Waals surface area (Å²) < 4.78 is 4.69. The van der Waals surface area contributed by atoms with Crippen molar-refractivity contribution in [2.45, 2.75) is 20.8 Å². The van der Waals surface area contributed by atoms with Crippen LogP contribution in [0.5, 0.6) is 0 Å². The first-order valence-corrected chi connectivity index (χ1v) is 4.23. The zero-order valence-electron chi connectivity index (χ0n) is 8.09. The zero-order chi connectivity index (χ0) is 10.0. The predicted molar refractivity (Wildman–Crippen MR) is 47.1 cm³/mol. The lowest BCUT2D eigenvalue weighted by Gasteiger charge is -2.31. The lowest BCUT2D eigenvalue weighted by atomic mass is 10.0. The second kappa shape index (κ2) is 3.60. The van der Waals surface area contributed by atoms with Gasteiger partial charge in [-0.2, -0.15) is 0 Å². The molecule has 1 aliphatic heterocycles. The van der Waals surface area contributed by atoms with Gasteiger partial charge in [-0.3, -0.25) is 4.79 Å². The number of rotatable bonds is 1. The van der Waals surface area contributed by atoms with Gasteiger partial charge in [0.15, 0.2) is 0 Å². The Morgan fingerprint density at radius 1 is 1.54 bits per heavy atom. The van der Waals surface area contributed by atoms with Gasteiger partial charge >= 0.3 is 6.09 Å². The van der Waals surface area contributed by atoms with Crippen molar-refractivity contribution >= 4 is 12.0 Å². The van der Waals surface area contributed by atoms with Crippen LogP contribution >= 0.6 is 0 Å². The van der Waals surface area contributed by atoms with E-state index >= 15 is 0 Å². The van der Waals surface area contributed by atoms with Crippen LogP contribution < -0.4 is 0 Å². The van der Waals surface area contributed by atoms with Gasteiger partial charge in [0.05, 0.1) is 13.2 Å². The summed E-state index contributed by atoms with van der Waals surface area (Å²) in [5, 5.41) is 0. The largest absolute Gasteiger partial charge is 0.449 e. The van der Waals surface area contributed by atoms with Crippen molar-refractivity contribution in [1.29, 1.82) is 0 Å². The molecule has 1 fully saturated rings. The number of carbonyl (C=O) groups excluding carboxylic acids is 2. The average Bonchev–Trinajstić information content (AvgIpc) is 2.01. The number of β-lactam (4-membered cyclic amide) rings is 1. The van der Waals surface area contributed by atoms with E-state index in [1.807, 2.05) is 13.8 Å². The van der Waals surface area contributed by atoms with Gasteiger partial charge in [0.1, 0.15) is 0 Å². The molecule has 1 aliphatic rings. The Hall–Kier alpha value is -1.32. The molecule has 1 heterocycles. The minimum atomic E-state index is -0.544. The van der Waals surface area contributed by atoms with Crippen molar-refractivity contribution in [1.82, 2.24) is 4.90 Å². The van der Waals surface area contributed by atoms with Gasteiger partial charge in [0.2, 0.25) is 0 Å². The van der Waals surface area contributed by atoms with Gasteiger partial charge in [-0.15, -0.1) is 0 Å². The van der Waals surface area contributed by atoms with Crippen LogP contribution in [-0.4, -0.2) is 30.1 Å². The van der Waals surface area contributed by atoms with Gasteiger partial charge in [-0.05, 0) is 20.8 Å². The average molecular weight is 183 g/mol. The van der Waals surface area contributed by atoms with Crippen molar-refractivity contribution in [3.05, 3.63) is 11.1 Å². The van der Waals surface area contributed by atoms with Gasteiger partial charge < -0.3 is 4.74 Å². The third-order valence-corrected chi connectivity index (χ3v) is 1.91. The Balaban J connectivity index is 2.58. The molecule has 0 unspecified atom stereocenters. The number of hydrogen-bond acceptors (Lipinski definition) is 3. The van der Waals surface area contributed by atoms with Crippen molar-refractivity contribution < 1.29 is 14.3 Å². The topological polar surface area (TPSA) is 46.6 Å². The summed E-state index contributed by atoms with van der Waals surface area (Å²) in [7, 11) is 0. The Kier molecular flexibility index (Phi) is 2.70. The van der Waals surface area contributed by atoms with E-state index < -0.39 is 6.09 Å². The lowest BCUT2D eigenvalue weighted by molar-refractivity contribution is -0.130. The monoisotopic (exact) mass is 183 g/mol. The Morgan fingerprint density at radius 2 is 2.15 bits per heavy atom. The van der Waals surface area contributed by atoms with Crippen LogP contribution in [0.15, 0.2) is 11.1 Å². The number of hydrogen-bond donors (Lipinski definition) is 0. The summed E-state index contributed by atoms with van der Waals surface area (Å²) in [6, 6.07) is 0. The highest BCUT2D eigenvalue weighted by Gasteiger charge is 2.37. The molecule has 0 saturated carbocycles. The van der Waals surface area contributed by atoms with E-state index in [4.69, 9.17) is 0 Å². The second-order valence-electron chi connectivity index (χ2n) is 3.07. The number of imide groups is 1. The molecular weight excluding hydrogens is 170 g/mol. The van der Waals surface area contributed by atoms with E-state index in [1.54, 1.807) is 6.92 Å². The highest BCUT2D eigenvalue weighted by atomic mass is 16.6. The number of carbonyl (C=O) groups is 2. The van der Waals surface area contributed by atoms with E-state index in [1.165, 1.54) is 0 Å². The molecular formula is C9H13NO3. The fourth-order valence-electron chi connectivity index (χ4n) is 1.09. The summed E-state index contributed by atoms with van der Waals surface area (Å²) >= 11 is 0. The second-order valence-corrected chi connectivity index (χ2v) is 3.07. The molecule has 0 spiro atoms. The van der Waals surface area contributed by atoms with Crippen LogP contribution in [0, 0.1) is 0 Å². The molecule has 0 aromatic rings. The quantitative estimate of drug-likeness (QED) is 0.455. The van der Waals surface area contributed by atoms with E-state index in [0.717, 1.165) is 10.5 Å². The third kappa shape index (κ3) is 1.71. The molecule has 0 aromatic carbocycles. The number of likely N-dealkylation sites (tertiary alicyclic amines) is 1. The first kappa shape index (κ1) is 9.77. The molecule has 0 aromatic heterocycles. The highest BCUT2D eigenvalue weighted by Crippen LogP contribution is 2.20. The minimum absolute atomic E-state index is 0.224. The number of ether oxygens (including phenoxy) is 1. The smallest absolute Gasteiger partial charge is 0.417 e. The molecule has 1 saturated heterocycles. The molecule has 2 amide bonds. The zero-order valence-corrected chi connectivity index (χ0v) is 8.09. The van der Waals surface area contributed by atoms with Gasteiger partial charge in [0, 0.05) is 5.57 Å². The fraction of sp³-hybridized carbons (Fsp3) is 0.556. The van der Waals surface area contributed by atoms with Crippen LogP contribution in [0.2, 0.25) is 0 Å². The molecule has 0 radical (unpaired) electrons. The summed E-state index contributed by atoms with van der Waals surface area (Å²) in [5.41, 5.74) is 1.68. The molecule has 1 rings (SSSR count). The maximum Gasteiger partial charge on any atom is 0.417 e. The van der Waals surface area contributed by atoms with Crippen molar-refractivity contribution in [2.75, 3.05) is 13.2 Å². The van der Waals surface area contributed by atoms with Gasteiger partial charge in [-0.1, -0.05) is 5.57 Å². The van der Waals surface area contributed by atoms with Crippen molar-refractivity contribution in [3.8, 4) is 0 Å².